The highest BCUT2D eigenvalue weighted by molar-refractivity contribution is 6.02. The van der Waals surface area contributed by atoms with Gasteiger partial charge in [-0.1, -0.05) is 13.3 Å². The summed E-state index contributed by atoms with van der Waals surface area (Å²) < 4.78 is 0. The molecule has 3 heteroatoms. The molecule has 1 aliphatic rings. The minimum absolute atomic E-state index is 0.744. The van der Waals surface area contributed by atoms with E-state index in [1.807, 2.05) is 13.1 Å². The molecule has 1 aliphatic heterocycles. The lowest BCUT2D eigenvalue weighted by Crippen LogP contribution is -2.01. The predicted octanol–water partition coefficient (Wildman–Crippen LogP) is 1.89. The fraction of sp³-hybridized carbons (Fsp3) is 0.500. The molecule has 13 heavy (non-hydrogen) atoms. The molecule has 0 aromatic carbocycles. The first kappa shape index (κ1) is 8.35. The Balaban J connectivity index is 2.34. The lowest BCUT2D eigenvalue weighted by Gasteiger charge is -2.00. The molecule has 0 amide bonds. The molecule has 2 heterocycles. The standard InChI is InChI=1S/C10H13N3/c1-3-4-9-8-5-11-7(2)13-10(8)6-12-9/h5H,3-4,6H2,1-2H3. The second-order valence-corrected chi connectivity index (χ2v) is 3.29. The molecule has 0 aliphatic carbocycles. The zero-order chi connectivity index (χ0) is 9.26. The van der Waals surface area contributed by atoms with Gasteiger partial charge < -0.3 is 0 Å². The van der Waals surface area contributed by atoms with Crippen LogP contribution < -0.4 is 0 Å². The Morgan fingerprint density at radius 1 is 1.46 bits per heavy atom. The average Bonchev–Trinajstić information content (AvgIpc) is 2.49. The second-order valence-electron chi connectivity index (χ2n) is 3.29. The highest BCUT2D eigenvalue weighted by Crippen LogP contribution is 2.18. The Kier molecular flexibility index (Phi) is 2.08. The van der Waals surface area contributed by atoms with Gasteiger partial charge in [0.05, 0.1) is 12.2 Å². The van der Waals surface area contributed by atoms with Gasteiger partial charge in [0.25, 0.3) is 0 Å². The molecule has 2 rings (SSSR count). The Bertz CT molecular complexity index is 355. The van der Waals surface area contributed by atoms with Crippen molar-refractivity contribution < 1.29 is 0 Å². The summed E-state index contributed by atoms with van der Waals surface area (Å²) in [5.41, 5.74) is 3.43. The lowest BCUT2D eigenvalue weighted by atomic mass is 10.1. The van der Waals surface area contributed by atoms with Crippen molar-refractivity contribution in [3.05, 3.63) is 23.3 Å². The molecule has 0 fully saturated rings. The van der Waals surface area contributed by atoms with Crippen LogP contribution in [0, 0.1) is 6.92 Å². The maximum atomic E-state index is 4.45. The summed E-state index contributed by atoms with van der Waals surface area (Å²) in [5.74, 6) is 0.840. The Morgan fingerprint density at radius 3 is 3.08 bits per heavy atom. The molecule has 1 aromatic heterocycles. The lowest BCUT2D eigenvalue weighted by molar-refractivity contribution is 0.947. The minimum Gasteiger partial charge on any atom is -0.283 e. The van der Waals surface area contributed by atoms with Crippen LogP contribution in [0.15, 0.2) is 11.2 Å². The number of aliphatic imine (C=N–C) groups is 1. The van der Waals surface area contributed by atoms with E-state index in [1.54, 1.807) is 0 Å². The van der Waals surface area contributed by atoms with E-state index in [0.717, 1.165) is 36.5 Å². The number of nitrogens with zero attached hydrogens (tertiary/aromatic N) is 3. The molecule has 3 nitrogen and oxygen atoms in total. The topological polar surface area (TPSA) is 38.1 Å². The minimum atomic E-state index is 0.744. The van der Waals surface area contributed by atoms with Crippen LogP contribution in [0.25, 0.3) is 0 Å². The van der Waals surface area contributed by atoms with E-state index in [4.69, 9.17) is 0 Å². The van der Waals surface area contributed by atoms with Crippen LogP contribution in [0.1, 0.15) is 36.8 Å². The summed E-state index contributed by atoms with van der Waals surface area (Å²) in [4.78, 5) is 13.0. The summed E-state index contributed by atoms with van der Waals surface area (Å²) in [6, 6.07) is 0. The predicted molar refractivity (Wildman–Crippen MR) is 51.9 cm³/mol. The highest BCUT2D eigenvalue weighted by Gasteiger charge is 2.16. The molecule has 0 saturated carbocycles. The van der Waals surface area contributed by atoms with Crippen molar-refractivity contribution in [1.29, 1.82) is 0 Å². The van der Waals surface area contributed by atoms with Gasteiger partial charge in [-0.25, -0.2) is 9.97 Å². The number of fused-ring (bicyclic) bond motifs is 1. The van der Waals surface area contributed by atoms with Crippen LogP contribution in [-0.4, -0.2) is 15.7 Å². The maximum Gasteiger partial charge on any atom is 0.125 e. The summed E-state index contributed by atoms with van der Waals surface area (Å²) >= 11 is 0. The number of hydrogen-bond donors (Lipinski definition) is 0. The molecule has 0 saturated heterocycles. The summed E-state index contributed by atoms with van der Waals surface area (Å²) in [7, 11) is 0. The number of hydrogen-bond acceptors (Lipinski definition) is 3. The van der Waals surface area contributed by atoms with Crippen LogP contribution in [0.2, 0.25) is 0 Å². The average molecular weight is 175 g/mol. The molecular weight excluding hydrogens is 162 g/mol. The number of rotatable bonds is 2. The maximum absolute atomic E-state index is 4.45. The van der Waals surface area contributed by atoms with Crippen LogP contribution in [0.5, 0.6) is 0 Å². The normalized spacial score (nSPS) is 14.2. The molecule has 0 atom stereocenters. The summed E-state index contributed by atoms with van der Waals surface area (Å²) in [6.45, 7) is 4.82. The molecule has 0 unspecified atom stereocenters. The molecule has 0 spiro atoms. The van der Waals surface area contributed by atoms with E-state index < -0.39 is 0 Å². The number of aryl methyl sites for hydroxylation is 1. The summed E-state index contributed by atoms with van der Waals surface area (Å²) in [6.07, 6.45) is 4.07. The van der Waals surface area contributed by atoms with Crippen LogP contribution in [-0.2, 0) is 6.54 Å². The van der Waals surface area contributed by atoms with Crippen LogP contribution >= 0.6 is 0 Å². The molecule has 0 N–H and O–H groups in total. The zero-order valence-corrected chi connectivity index (χ0v) is 8.04. The van der Waals surface area contributed by atoms with Crippen molar-refractivity contribution in [1.82, 2.24) is 9.97 Å². The van der Waals surface area contributed by atoms with Gasteiger partial charge in [-0.2, -0.15) is 0 Å². The third-order valence-corrected chi connectivity index (χ3v) is 2.21. The van der Waals surface area contributed by atoms with Crippen molar-refractivity contribution in [2.75, 3.05) is 0 Å². The smallest absolute Gasteiger partial charge is 0.125 e. The van der Waals surface area contributed by atoms with Crippen LogP contribution in [0.3, 0.4) is 0 Å². The Hall–Kier alpha value is -1.25. The van der Waals surface area contributed by atoms with E-state index in [0.29, 0.717) is 0 Å². The first-order chi connectivity index (χ1) is 6.31. The van der Waals surface area contributed by atoms with Gasteiger partial charge in [-0.05, 0) is 13.3 Å². The molecule has 0 bridgehead atoms. The van der Waals surface area contributed by atoms with E-state index in [9.17, 15) is 0 Å². The largest absolute Gasteiger partial charge is 0.283 e. The van der Waals surface area contributed by atoms with Gasteiger partial charge in [-0.15, -0.1) is 0 Å². The van der Waals surface area contributed by atoms with Crippen molar-refractivity contribution in [3.8, 4) is 0 Å². The zero-order valence-electron chi connectivity index (χ0n) is 8.04. The highest BCUT2D eigenvalue weighted by atomic mass is 14.9. The quantitative estimate of drug-likeness (QED) is 0.688. The Labute approximate surface area is 77.9 Å². The van der Waals surface area contributed by atoms with E-state index in [-0.39, 0.29) is 0 Å². The molecular formula is C10H13N3. The number of aromatic nitrogens is 2. The van der Waals surface area contributed by atoms with Gasteiger partial charge in [0.2, 0.25) is 0 Å². The molecule has 0 radical (unpaired) electrons. The van der Waals surface area contributed by atoms with Crippen molar-refractivity contribution in [3.63, 3.8) is 0 Å². The third kappa shape index (κ3) is 1.46. The molecule has 68 valence electrons. The fourth-order valence-electron chi connectivity index (χ4n) is 1.58. The van der Waals surface area contributed by atoms with Gasteiger partial charge >= 0.3 is 0 Å². The van der Waals surface area contributed by atoms with Crippen molar-refractivity contribution in [2.45, 2.75) is 33.2 Å². The van der Waals surface area contributed by atoms with Gasteiger partial charge in [0, 0.05) is 17.5 Å². The monoisotopic (exact) mass is 175 g/mol. The SMILES string of the molecule is CCCC1=NCc2nc(C)ncc21. The first-order valence-corrected chi connectivity index (χ1v) is 4.67. The summed E-state index contributed by atoms with van der Waals surface area (Å²) in [5, 5.41) is 0. The first-order valence-electron chi connectivity index (χ1n) is 4.67. The van der Waals surface area contributed by atoms with Gasteiger partial charge in [0.1, 0.15) is 5.82 Å². The fourth-order valence-corrected chi connectivity index (χ4v) is 1.58. The van der Waals surface area contributed by atoms with Crippen molar-refractivity contribution >= 4 is 5.71 Å². The molecule has 1 aromatic rings. The van der Waals surface area contributed by atoms with E-state index in [1.165, 1.54) is 5.71 Å². The van der Waals surface area contributed by atoms with Gasteiger partial charge in [0.15, 0.2) is 0 Å². The van der Waals surface area contributed by atoms with E-state index in [2.05, 4.69) is 21.9 Å². The van der Waals surface area contributed by atoms with Crippen molar-refractivity contribution in [2.24, 2.45) is 4.99 Å². The van der Waals surface area contributed by atoms with Crippen LogP contribution in [0.4, 0.5) is 0 Å². The second kappa shape index (κ2) is 3.24. The third-order valence-electron chi connectivity index (χ3n) is 2.21. The van der Waals surface area contributed by atoms with Gasteiger partial charge in [-0.3, -0.25) is 4.99 Å². The van der Waals surface area contributed by atoms with E-state index >= 15 is 0 Å². The Morgan fingerprint density at radius 2 is 2.31 bits per heavy atom.